The fourth-order valence-corrected chi connectivity index (χ4v) is 0.819. The molecule has 0 spiro atoms. The number of benzene rings is 1. The van der Waals surface area contributed by atoms with Gasteiger partial charge in [0, 0.05) is 5.56 Å². The van der Waals surface area contributed by atoms with Gasteiger partial charge in [0.15, 0.2) is 6.19 Å². The molecule has 4 nitrogen and oxygen atoms in total. The van der Waals surface area contributed by atoms with Crippen LogP contribution in [0.1, 0.15) is 15.9 Å². The van der Waals surface area contributed by atoms with Crippen LogP contribution >= 0.6 is 0 Å². The molecule has 0 atom stereocenters. The molecule has 1 aromatic rings. The molecule has 0 aromatic heterocycles. The van der Waals surface area contributed by atoms with Gasteiger partial charge in [-0.15, -0.1) is 0 Å². The van der Waals surface area contributed by atoms with Gasteiger partial charge in [0.1, 0.15) is 0 Å². The molecular formula is C9H5N3O. The normalized spacial score (nSPS) is 8.15. The van der Waals surface area contributed by atoms with Crippen LogP contribution in [0.5, 0.6) is 0 Å². The molecule has 0 saturated carbocycles. The van der Waals surface area contributed by atoms with Gasteiger partial charge in [-0.25, -0.2) is 0 Å². The van der Waals surface area contributed by atoms with E-state index in [9.17, 15) is 4.79 Å². The average Bonchev–Trinajstić information content (AvgIpc) is 2.18. The number of hydrogen-bond acceptors (Lipinski definition) is 3. The summed E-state index contributed by atoms with van der Waals surface area (Å²) in [4.78, 5) is 11.0. The molecule has 1 amide bonds. The van der Waals surface area contributed by atoms with Gasteiger partial charge >= 0.3 is 0 Å². The van der Waals surface area contributed by atoms with E-state index < -0.39 is 5.91 Å². The molecule has 1 N–H and O–H groups in total. The molecule has 0 aliphatic heterocycles. The molecule has 0 unspecified atom stereocenters. The van der Waals surface area contributed by atoms with Crippen molar-refractivity contribution in [2.75, 3.05) is 0 Å². The fourth-order valence-electron chi connectivity index (χ4n) is 0.819. The maximum absolute atomic E-state index is 11.0. The van der Waals surface area contributed by atoms with Crippen molar-refractivity contribution in [3.05, 3.63) is 35.4 Å². The predicted molar refractivity (Wildman–Crippen MR) is 44.2 cm³/mol. The highest BCUT2D eigenvalue weighted by Gasteiger charge is 2.02. The van der Waals surface area contributed by atoms with Crippen LogP contribution in [0.15, 0.2) is 24.3 Å². The highest BCUT2D eigenvalue weighted by molar-refractivity contribution is 5.95. The number of nitriles is 2. The highest BCUT2D eigenvalue weighted by Crippen LogP contribution is 2.02. The maximum Gasteiger partial charge on any atom is 0.264 e. The van der Waals surface area contributed by atoms with E-state index in [1.807, 2.05) is 11.4 Å². The molecule has 0 bridgehead atoms. The van der Waals surface area contributed by atoms with Gasteiger partial charge in [-0.3, -0.25) is 10.1 Å². The van der Waals surface area contributed by atoms with Gasteiger partial charge in [0.2, 0.25) is 0 Å². The first-order valence-corrected chi connectivity index (χ1v) is 3.47. The summed E-state index contributed by atoms with van der Waals surface area (Å²) in [5.74, 6) is -0.466. The summed E-state index contributed by atoms with van der Waals surface area (Å²) in [6, 6.07) is 7.95. The van der Waals surface area contributed by atoms with Gasteiger partial charge in [-0.05, 0) is 24.3 Å². The number of hydrogen-bond donors (Lipinski definition) is 1. The van der Waals surface area contributed by atoms with Crippen LogP contribution in [0, 0.1) is 22.8 Å². The third-order valence-electron chi connectivity index (χ3n) is 1.45. The largest absolute Gasteiger partial charge is 0.268 e. The first kappa shape index (κ1) is 8.76. The zero-order valence-corrected chi connectivity index (χ0v) is 6.61. The van der Waals surface area contributed by atoms with Crippen LogP contribution in [0.3, 0.4) is 0 Å². The van der Waals surface area contributed by atoms with Crippen molar-refractivity contribution in [1.29, 1.82) is 10.5 Å². The van der Waals surface area contributed by atoms with Crippen molar-refractivity contribution >= 4 is 5.91 Å². The quantitative estimate of drug-likeness (QED) is 0.500. The maximum atomic E-state index is 11.0. The van der Waals surface area contributed by atoms with Crippen molar-refractivity contribution in [3.63, 3.8) is 0 Å². The lowest BCUT2D eigenvalue weighted by Crippen LogP contribution is -2.16. The molecular weight excluding hydrogens is 166 g/mol. The van der Waals surface area contributed by atoms with Gasteiger partial charge in [-0.2, -0.15) is 10.5 Å². The number of carbonyl (C=O) groups is 1. The van der Waals surface area contributed by atoms with Crippen LogP contribution in [0.25, 0.3) is 0 Å². The van der Waals surface area contributed by atoms with E-state index in [2.05, 4.69) is 0 Å². The second kappa shape index (κ2) is 3.89. The Hall–Kier alpha value is -2.33. The minimum absolute atomic E-state index is 0.362. The Morgan fingerprint density at radius 3 is 2.31 bits per heavy atom. The molecule has 4 heteroatoms. The Morgan fingerprint density at radius 1 is 1.23 bits per heavy atom. The highest BCUT2D eigenvalue weighted by atomic mass is 16.1. The number of nitrogens with one attached hydrogen (secondary N) is 1. The van der Waals surface area contributed by atoms with Crippen LogP contribution in [-0.2, 0) is 0 Å². The van der Waals surface area contributed by atoms with Crippen LogP contribution in [-0.4, -0.2) is 5.91 Å². The monoisotopic (exact) mass is 171 g/mol. The average molecular weight is 171 g/mol. The fraction of sp³-hybridized carbons (Fsp3) is 0. The Labute approximate surface area is 75.0 Å². The molecule has 13 heavy (non-hydrogen) atoms. The zero-order valence-electron chi connectivity index (χ0n) is 6.61. The number of carbonyl (C=O) groups excluding carboxylic acids is 1. The molecule has 0 fully saturated rings. The van der Waals surface area contributed by atoms with Gasteiger partial charge in [0.25, 0.3) is 5.91 Å². The third kappa shape index (κ3) is 2.05. The van der Waals surface area contributed by atoms with Gasteiger partial charge in [-0.1, -0.05) is 0 Å². The molecule has 0 radical (unpaired) electrons. The van der Waals surface area contributed by atoms with E-state index in [-0.39, 0.29) is 0 Å². The number of amides is 1. The van der Waals surface area contributed by atoms with Crippen LogP contribution < -0.4 is 5.32 Å². The Morgan fingerprint density at radius 2 is 1.85 bits per heavy atom. The molecule has 0 aliphatic carbocycles. The Balaban J connectivity index is 2.89. The molecule has 0 saturated heterocycles. The van der Waals surface area contributed by atoms with E-state index in [1.165, 1.54) is 30.5 Å². The standard InChI is InChI=1S/C9H5N3O/c10-5-7-1-3-8(4-2-7)9(13)12-6-11/h1-4H,(H,12,13). The second-order valence-electron chi connectivity index (χ2n) is 2.26. The smallest absolute Gasteiger partial charge is 0.264 e. The van der Waals surface area contributed by atoms with Crippen molar-refractivity contribution < 1.29 is 4.79 Å². The minimum Gasteiger partial charge on any atom is -0.268 e. The number of rotatable bonds is 1. The van der Waals surface area contributed by atoms with Gasteiger partial charge < -0.3 is 0 Å². The summed E-state index contributed by atoms with van der Waals surface area (Å²) in [5.41, 5.74) is 0.842. The SMILES string of the molecule is N#CNC(=O)c1ccc(C#N)cc1. The lowest BCUT2D eigenvalue weighted by Gasteiger charge is -1.95. The van der Waals surface area contributed by atoms with Crippen LogP contribution in [0.4, 0.5) is 0 Å². The summed E-state index contributed by atoms with van der Waals surface area (Å²) in [6.45, 7) is 0. The molecule has 1 rings (SSSR count). The zero-order chi connectivity index (χ0) is 9.68. The van der Waals surface area contributed by atoms with E-state index in [4.69, 9.17) is 10.5 Å². The predicted octanol–water partition coefficient (Wildman–Crippen LogP) is 0.769. The first-order chi connectivity index (χ1) is 6.27. The minimum atomic E-state index is -0.466. The Kier molecular flexibility index (Phi) is 2.62. The van der Waals surface area contributed by atoms with E-state index in [0.717, 1.165) is 0 Å². The molecule has 1 aromatic carbocycles. The summed E-state index contributed by atoms with van der Waals surface area (Å²) >= 11 is 0. The molecule has 62 valence electrons. The first-order valence-electron chi connectivity index (χ1n) is 3.47. The second-order valence-corrected chi connectivity index (χ2v) is 2.26. The Bertz CT molecular complexity index is 394. The van der Waals surface area contributed by atoms with E-state index >= 15 is 0 Å². The number of nitrogens with zero attached hydrogens (tertiary/aromatic N) is 2. The van der Waals surface area contributed by atoms with Gasteiger partial charge in [0.05, 0.1) is 11.6 Å². The van der Waals surface area contributed by atoms with Crippen molar-refractivity contribution in [2.24, 2.45) is 0 Å². The van der Waals surface area contributed by atoms with Crippen molar-refractivity contribution in [2.45, 2.75) is 0 Å². The lowest BCUT2D eigenvalue weighted by molar-refractivity contribution is 0.0973. The topological polar surface area (TPSA) is 76.7 Å². The summed E-state index contributed by atoms with van der Waals surface area (Å²) < 4.78 is 0. The van der Waals surface area contributed by atoms with Crippen LogP contribution in [0.2, 0.25) is 0 Å². The summed E-state index contributed by atoms with van der Waals surface area (Å²) in [7, 11) is 0. The third-order valence-corrected chi connectivity index (χ3v) is 1.45. The molecule has 0 aliphatic rings. The van der Waals surface area contributed by atoms with Crippen molar-refractivity contribution in [1.82, 2.24) is 5.32 Å². The van der Waals surface area contributed by atoms with Crippen molar-refractivity contribution in [3.8, 4) is 12.3 Å². The summed E-state index contributed by atoms with van der Waals surface area (Å²) in [5, 5.41) is 18.6. The van der Waals surface area contributed by atoms with E-state index in [0.29, 0.717) is 11.1 Å². The van der Waals surface area contributed by atoms with E-state index in [1.54, 1.807) is 0 Å². The summed E-state index contributed by atoms with van der Waals surface area (Å²) in [6.07, 6.45) is 1.53. The lowest BCUT2D eigenvalue weighted by atomic mass is 10.1. The molecule has 0 heterocycles.